The van der Waals surface area contributed by atoms with Crippen LogP contribution in [0, 0.1) is 5.92 Å². The first-order chi connectivity index (χ1) is 12.5. The van der Waals surface area contributed by atoms with Crippen LogP contribution in [0.5, 0.6) is 0 Å². The zero-order valence-corrected chi connectivity index (χ0v) is 15.7. The van der Waals surface area contributed by atoms with Crippen molar-refractivity contribution in [3.8, 4) is 0 Å². The fraction of sp³-hybridized carbons (Fsp3) is 0.500. The van der Waals surface area contributed by atoms with Gasteiger partial charge in [-0.3, -0.25) is 19.8 Å². The maximum absolute atomic E-state index is 12.6. The van der Waals surface area contributed by atoms with E-state index < -0.39 is 0 Å². The lowest BCUT2D eigenvalue weighted by molar-refractivity contribution is -0.142. The second kappa shape index (κ2) is 8.09. The summed E-state index contributed by atoms with van der Waals surface area (Å²) in [5.74, 6) is -0.658. The first-order valence-electron chi connectivity index (χ1n) is 8.58. The molecule has 3 unspecified atom stereocenters. The Balaban J connectivity index is 1.56. The molecule has 3 rings (SSSR count). The molecule has 26 heavy (non-hydrogen) atoms. The predicted molar refractivity (Wildman–Crippen MR) is 98.3 cm³/mol. The van der Waals surface area contributed by atoms with Crippen LogP contribution in [0.15, 0.2) is 30.3 Å². The van der Waals surface area contributed by atoms with Gasteiger partial charge in [-0.05, 0) is 18.5 Å². The first kappa shape index (κ1) is 18.7. The Kier molecular flexibility index (Phi) is 5.83. The van der Waals surface area contributed by atoms with Gasteiger partial charge in [0.2, 0.25) is 5.91 Å². The van der Waals surface area contributed by atoms with Gasteiger partial charge in [0, 0.05) is 19.3 Å². The summed E-state index contributed by atoms with van der Waals surface area (Å²) >= 11 is 1.44. The van der Waals surface area contributed by atoms with Crippen molar-refractivity contribution in [2.24, 2.45) is 5.92 Å². The number of amides is 3. The summed E-state index contributed by atoms with van der Waals surface area (Å²) in [4.78, 5) is 39.5. The molecule has 140 valence electrons. The minimum atomic E-state index is -0.358. The number of nitrogens with zero attached hydrogens (tertiary/aromatic N) is 2. The second-order valence-electron chi connectivity index (χ2n) is 6.50. The van der Waals surface area contributed by atoms with Crippen molar-refractivity contribution < 1.29 is 19.1 Å². The number of piperidine rings is 1. The van der Waals surface area contributed by atoms with Crippen LogP contribution >= 0.6 is 11.8 Å². The highest BCUT2D eigenvalue weighted by Gasteiger charge is 2.48. The Morgan fingerprint density at radius 1 is 1.27 bits per heavy atom. The number of ether oxygens (including phenoxy) is 1. The van der Waals surface area contributed by atoms with Crippen LogP contribution in [0.1, 0.15) is 12.0 Å². The van der Waals surface area contributed by atoms with E-state index >= 15 is 0 Å². The van der Waals surface area contributed by atoms with Gasteiger partial charge >= 0.3 is 12.0 Å². The molecular weight excluding hydrogens is 354 g/mol. The molecule has 1 aromatic rings. The van der Waals surface area contributed by atoms with Gasteiger partial charge in [0.25, 0.3) is 0 Å². The summed E-state index contributed by atoms with van der Waals surface area (Å²) in [7, 11) is 3.19. The molecule has 2 heterocycles. The van der Waals surface area contributed by atoms with Crippen molar-refractivity contribution in [1.29, 1.82) is 0 Å². The number of nitrogens with one attached hydrogen (secondary N) is 1. The number of fused-ring (bicyclic) bond motifs is 1. The number of thioether (sulfide) groups is 1. The molecule has 3 amide bonds. The summed E-state index contributed by atoms with van der Waals surface area (Å²) < 4.78 is 5.31. The quantitative estimate of drug-likeness (QED) is 0.779. The molecule has 2 fully saturated rings. The van der Waals surface area contributed by atoms with E-state index in [-0.39, 0.29) is 47.6 Å². The van der Waals surface area contributed by atoms with Crippen molar-refractivity contribution in [2.45, 2.75) is 24.4 Å². The molecule has 0 bridgehead atoms. The highest BCUT2D eigenvalue weighted by Crippen LogP contribution is 2.34. The smallest absolute Gasteiger partial charge is 0.327 e. The zero-order chi connectivity index (χ0) is 18.7. The zero-order valence-electron chi connectivity index (χ0n) is 14.9. The molecular formula is C18H23N3O4S. The van der Waals surface area contributed by atoms with Crippen molar-refractivity contribution in [1.82, 2.24) is 15.1 Å². The highest BCUT2D eigenvalue weighted by atomic mass is 32.2. The lowest BCUT2D eigenvalue weighted by Gasteiger charge is -2.47. The van der Waals surface area contributed by atoms with E-state index in [1.165, 1.54) is 18.8 Å². The molecule has 8 heteroatoms. The summed E-state index contributed by atoms with van der Waals surface area (Å²) in [6.45, 7) is 0.948. The maximum atomic E-state index is 12.6. The summed E-state index contributed by atoms with van der Waals surface area (Å²) in [6.07, 6.45) is 0.442. The minimum absolute atomic E-state index is 0.0315. The van der Waals surface area contributed by atoms with E-state index in [2.05, 4.69) is 5.32 Å². The van der Waals surface area contributed by atoms with Crippen LogP contribution in [-0.2, 0) is 20.9 Å². The second-order valence-corrected chi connectivity index (χ2v) is 7.73. The van der Waals surface area contributed by atoms with Gasteiger partial charge in [-0.25, -0.2) is 4.79 Å². The van der Waals surface area contributed by atoms with Gasteiger partial charge in [-0.15, -0.1) is 11.8 Å². The average molecular weight is 377 g/mol. The third kappa shape index (κ3) is 3.86. The van der Waals surface area contributed by atoms with E-state index in [0.29, 0.717) is 6.54 Å². The third-order valence-electron chi connectivity index (χ3n) is 4.80. The Morgan fingerprint density at radius 2 is 2.00 bits per heavy atom. The minimum Gasteiger partial charge on any atom is -0.460 e. The molecule has 2 saturated heterocycles. The van der Waals surface area contributed by atoms with Gasteiger partial charge in [0.1, 0.15) is 6.61 Å². The van der Waals surface area contributed by atoms with E-state index in [1.807, 2.05) is 30.3 Å². The number of esters is 1. The van der Waals surface area contributed by atoms with Crippen LogP contribution in [0.25, 0.3) is 0 Å². The van der Waals surface area contributed by atoms with Crippen molar-refractivity contribution >= 4 is 29.7 Å². The Morgan fingerprint density at radius 3 is 2.73 bits per heavy atom. The molecule has 3 atom stereocenters. The Labute approximate surface area is 157 Å². The van der Waals surface area contributed by atoms with Crippen molar-refractivity contribution in [2.75, 3.05) is 26.4 Å². The SMILES string of the molecule is CN1C(=O)C2C(SCC(=O)OCc3ccccc3)CCNC2N(C)C1=O. The average Bonchev–Trinajstić information content (AvgIpc) is 2.68. The Bertz CT molecular complexity index is 684. The molecule has 1 aromatic carbocycles. The van der Waals surface area contributed by atoms with Crippen LogP contribution in [-0.4, -0.2) is 65.5 Å². The summed E-state index contributed by atoms with van der Waals surface area (Å²) in [5, 5.41) is 3.21. The normalized spacial score (nSPS) is 25.8. The number of rotatable bonds is 5. The largest absolute Gasteiger partial charge is 0.460 e. The number of imide groups is 1. The Hall–Kier alpha value is -2.06. The fourth-order valence-electron chi connectivity index (χ4n) is 3.37. The first-order valence-corrected chi connectivity index (χ1v) is 9.63. The van der Waals surface area contributed by atoms with Crippen LogP contribution in [0.2, 0.25) is 0 Å². The molecule has 2 aliphatic heterocycles. The lowest BCUT2D eigenvalue weighted by Crippen LogP contribution is -2.68. The summed E-state index contributed by atoms with van der Waals surface area (Å²) in [6, 6.07) is 9.21. The number of carbonyl (C=O) groups is 3. The summed E-state index contributed by atoms with van der Waals surface area (Å²) in [5.41, 5.74) is 0.942. The monoisotopic (exact) mass is 377 g/mol. The molecule has 1 N–H and O–H groups in total. The molecule has 0 aromatic heterocycles. The van der Waals surface area contributed by atoms with Crippen LogP contribution in [0.4, 0.5) is 4.79 Å². The standard InChI is InChI=1S/C18H23N3O4S/c1-20-16-15(17(23)21(2)18(20)24)13(8-9-19-16)26-11-14(22)25-10-12-6-4-3-5-7-12/h3-7,13,15-16,19H,8-11H2,1-2H3. The molecule has 0 radical (unpaired) electrons. The molecule has 0 aliphatic carbocycles. The molecule has 7 nitrogen and oxygen atoms in total. The maximum Gasteiger partial charge on any atom is 0.327 e. The fourth-order valence-corrected chi connectivity index (χ4v) is 4.56. The number of urea groups is 1. The van der Waals surface area contributed by atoms with Gasteiger partial charge in [-0.1, -0.05) is 30.3 Å². The van der Waals surface area contributed by atoms with Gasteiger partial charge in [0.05, 0.1) is 17.8 Å². The lowest BCUT2D eigenvalue weighted by atomic mass is 9.91. The molecule has 2 aliphatic rings. The van der Waals surface area contributed by atoms with Crippen molar-refractivity contribution in [3.05, 3.63) is 35.9 Å². The number of hydrogen-bond acceptors (Lipinski definition) is 6. The van der Waals surface area contributed by atoms with E-state index in [0.717, 1.165) is 16.9 Å². The van der Waals surface area contributed by atoms with Gasteiger partial charge in [-0.2, -0.15) is 0 Å². The van der Waals surface area contributed by atoms with Crippen molar-refractivity contribution in [3.63, 3.8) is 0 Å². The van der Waals surface area contributed by atoms with E-state index in [9.17, 15) is 14.4 Å². The van der Waals surface area contributed by atoms with Gasteiger partial charge < -0.3 is 9.64 Å². The van der Waals surface area contributed by atoms with E-state index in [4.69, 9.17) is 4.74 Å². The number of carbonyl (C=O) groups excluding carboxylic acids is 3. The molecule has 0 saturated carbocycles. The van der Waals surface area contributed by atoms with Crippen LogP contribution in [0.3, 0.4) is 0 Å². The number of benzene rings is 1. The number of hydrogen-bond donors (Lipinski definition) is 1. The third-order valence-corrected chi connectivity index (χ3v) is 6.16. The topological polar surface area (TPSA) is 79.0 Å². The van der Waals surface area contributed by atoms with Crippen LogP contribution < -0.4 is 5.32 Å². The van der Waals surface area contributed by atoms with E-state index in [1.54, 1.807) is 11.9 Å². The predicted octanol–water partition coefficient (Wildman–Crippen LogP) is 1.29. The molecule has 0 spiro atoms. The van der Waals surface area contributed by atoms with Gasteiger partial charge in [0.15, 0.2) is 0 Å². The highest BCUT2D eigenvalue weighted by molar-refractivity contribution is 8.00.